The number of anilines is 1. The number of halogens is 2. The number of nitrogens with two attached hydrogens (primary N) is 1. The van der Waals surface area contributed by atoms with E-state index in [9.17, 15) is 17.2 Å². The van der Waals surface area contributed by atoms with E-state index in [0.717, 1.165) is 12.1 Å². The molecule has 114 valence electrons. The average Bonchev–Trinajstić information content (AvgIpc) is 2.36. The van der Waals surface area contributed by atoms with Crippen molar-refractivity contribution in [3.63, 3.8) is 0 Å². The highest BCUT2D eigenvalue weighted by Gasteiger charge is 2.27. The fourth-order valence-corrected chi connectivity index (χ4v) is 3.59. The van der Waals surface area contributed by atoms with Crippen LogP contribution in [0.1, 0.15) is 18.4 Å². The van der Waals surface area contributed by atoms with Crippen molar-refractivity contribution in [1.82, 2.24) is 0 Å². The number of rotatable bonds is 3. The summed E-state index contributed by atoms with van der Waals surface area (Å²) in [5.74, 6) is -2.10. The summed E-state index contributed by atoms with van der Waals surface area (Å²) in [6.07, 6.45) is 1.27. The first-order valence-corrected chi connectivity index (χ1v) is 8.16. The van der Waals surface area contributed by atoms with Crippen molar-refractivity contribution in [3.8, 4) is 6.07 Å². The van der Waals surface area contributed by atoms with E-state index < -0.39 is 21.7 Å². The van der Waals surface area contributed by atoms with E-state index >= 15 is 0 Å². The van der Waals surface area contributed by atoms with Crippen LogP contribution in [0.25, 0.3) is 0 Å². The summed E-state index contributed by atoms with van der Waals surface area (Å²) in [7, 11) is -3.62. The van der Waals surface area contributed by atoms with Crippen LogP contribution in [0.3, 0.4) is 0 Å². The topological polar surface area (TPSA) is 87.2 Å². The maximum atomic E-state index is 14.0. The molecule has 5 nitrogen and oxygen atoms in total. The number of piperidine rings is 1. The number of hydrogen-bond donors (Lipinski definition) is 1. The fourth-order valence-electron chi connectivity index (χ4n) is 2.66. The summed E-state index contributed by atoms with van der Waals surface area (Å²) < 4.78 is 50.2. The van der Waals surface area contributed by atoms with Crippen LogP contribution < -0.4 is 10.0 Å². The Balaban J connectivity index is 2.24. The third-order valence-electron chi connectivity index (χ3n) is 3.45. The van der Waals surface area contributed by atoms with Gasteiger partial charge in [-0.25, -0.2) is 22.3 Å². The molecule has 21 heavy (non-hydrogen) atoms. The Labute approximate surface area is 122 Å². The lowest BCUT2D eigenvalue weighted by atomic mass is 9.99. The molecule has 1 aliphatic heterocycles. The summed E-state index contributed by atoms with van der Waals surface area (Å²) >= 11 is 0. The standard InChI is InChI=1S/C13H15F2N3O2S/c14-11-4-10(6-16)5-12(15)13(11)18-3-1-2-9(7-18)8-21(17,19)20/h4-5,9H,1-3,7-8H2,(H2,17,19,20). The normalized spacial score (nSPS) is 19.3. The summed E-state index contributed by atoms with van der Waals surface area (Å²) in [4.78, 5) is 1.48. The molecule has 1 atom stereocenters. The van der Waals surface area contributed by atoms with E-state index in [1.54, 1.807) is 6.07 Å². The summed E-state index contributed by atoms with van der Waals surface area (Å²) in [6.45, 7) is 0.650. The molecule has 1 aromatic rings. The van der Waals surface area contributed by atoms with Gasteiger partial charge in [0.25, 0.3) is 0 Å². The predicted molar refractivity (Wildman–Crippen MR) is 74.0 cm³/mol. The second-order valence-electron chi connectivity index (χ2n) is 5.18. The second-order valence-corrected chi connectivity index (χ2v) is 6.84. The molecular formula is C13H15F2N3O2S. The Bertz CT molecular complexity index is 662. The second kappa shape index (κ2) is 5.95. The summed E-state index contributed by atoms with van der Waals surface area (Å²) in [6, 6.07) is 3.63. The van der Waals surface area contributed by atoms with Crippen LogP contribution >= 0.6 is 0 Å². The molecular weight excluding hydrogens is 300 g/mol. The summed E-state index contributed by atoms with van der Waals surface area (Å²) in [5.41, 5.74) is -0.306. The number of hydrogen-bond acceptors (Lipinski definition) is 4. The molecule has 8 heteroatoms. The number of benzene rings is 1. The van der Waals surface area contributed by atoms with Gasteiger partial charge in [-0.2, -0.15) is 5.26 Å². The molecule has 1 fully saturated rings. The lowest BCUT2D eigenvalue weighted by Crippen LogP contribution is -2.40. The van der Waals surface area contributed by atoms with Crippen LogP contribution in [-0.4, -0.2) is 27.3 Å². The Morgan fingerprint density at radius 2 is 2.00 bits per heavy atom. The van der Waals surface area contributed by atoms with Gasteiger partial charge in [0, 0.05) is 13.1 Å². The smallest absolute Gasteiger partial charge is 0.209 e. The minimum absolute atomic E-state index is 0.0909. The molecule has 0 radical (unpaired) electrons. The fraction of sp³-hybridized carbons (Fsp3) is 0.462. The molecule has 1 heterocycles. The highest BCUT2D eigenvalue weighted by atomic mass is 32.2. The van der Waals surface area contributed by atoms with Crippen molar-refractivity contribution in [1.29, 1.82) is 5.26 Å². The molecule has 2 N–H and O–H groups in total. The van der Waals surface area contributed by atoms with Gasteiger partial charge in [0.15, 0.2) is 11.6 Å². The molecule has 0 bridgehead atoms. The van der Waals surface area contributed by atoms with Crippen molar-refractivity contribution in [2.45, 2.75) is 12.8 Å². The Morgan fingerprint density at radius 3 is 2.52 bits per heavy atom. The number of sulfonamides is 1. The van der Waals surface area contributed by atoms with Crippen molar-refractivity contribution >= 4 is 15.7 Å². The van der Waals surface area contributed by atoms with Crippen LogP contribution in [0.15, 0.2) is 12.1 Å². The highest BCUT2D eigenvalue weighted by molar-refractivity contribution is 7.89. The largest absolute Gasteiger partial charge is 0.366 e. The van der Waals surface area contributed by atoms with Crippen molar-refractivity contribution in [2.24, 2.45) is 11.1 Å². The Hall–Kier alpha value is -1.72. The average molecular weight is 315 g/mol. The van der Waals surface area contributed by atoms with Crippen molar-refractivity contribution in [3.05, 3.63) is 29.3 Å². The van der Waals surface area contributed by atoms with Gasteiger partial charge in [0.1, 0.15) is 5.69 Å². The first kappa shape index (κ1) is 15.7. The van der Waals surface area contributed by atoms with Gasteiger partial charge in [0.05, 0.1) is 17.4 Å². The van der Waals surface area contributed by atoms with Crippen LogP contribution in [0.5, 0.6) is 0 Å². The Kier molecular flexibility index (Phi) is 4.44. The molecule has 0 saturated carbocycles. The third-order valence-corrected chi connectivity index (χ3v) is 4.39. The van der Waals surface area contributed by atoms with E-state index in [-0.39, 0.29) is 29.5 Å². The molecule has 1 aromatic carbocycles. The molecule has 0 amide bonds. The van der Waals surface area contributed by atoms with Crippen LogP contribution in [0.4, 0.5) is 14.5 Å². The highest BCUT2D eigenvalue weighted by Crippen LogP contribution is 2.29. The molecule has 1 aliphatic rings. The van der Waals surface area contributed by atoms with E-state index in [2.05, 4.69) is 0 Å². The van der Waals surface area contributed by atoms with Crippen LogP contribution in [0, 0.1) is 28.9 Å². The van der Waals surface area contributed by atoms with Gasteiger partial charge in [-0.15, -0.1) is 0 Å². The first-order chi connectivity index (χ1) is 9.80. The molecule has 2 rings (SSSR count). The zero-order valence-corrected chi connectivity index (χ0v) is 12.0. The predicted octanol–water partition coefficient (Wildman–Crippen LogP) is 1.34. The minimum atomic E-state index is -3.62. The zero-order valence-electron chi connectivity index (χ0n) is 11.2. The maximum absolute atomic E-state index is 14.0. The van der Waals surface area contributed by atoms with Crippen molar-refractivity contribution < 1.29 is 17.2 Å². The minimum Gasteiger partial charge on any atom is -0.366 e. The lowest BCUT2D eigenvalue weighted by molar-refractivity contribution is 0.434. The van der Waals surface area contributed by atoms with Gasteiger partial charge in [-0.1, -0.05) is 0 Å². The SMILES string of the molecule is N#Cc1cc(F)c(N2CCCC(CS(N)(=O)=O)C2)c(F)c1. The van der Waals surface area contributed by atoms with E-state index in [4.69, 9.17) is 10.4 Å². The number of nitrogens with zero attached hydrogens (tertiary/aromatic N) is 2. The monoisotopic (exact) mass is 315 g/mol. The first-order valence-electron chi connectivity index (χ1n) is 6.44. The molecule has 0 aliphatic carbocycles. The lowest BCUT2D eigenvalue weighted by Gasteiger charge is -2.34. The summed E-state index contributed by atoms with van der Waals surface area (Å²) in [5, 5.41) is 13.7. The van der Waals surface area contributed by atoms with Gasteiger partial charge < -0.3 is 4.90 Å². The molecule has 0 aromatic heterocycles. The van der Waals surface area contributed by atoms with E-state index in [1.807, 2.05) is 0 Å². The van der Waals surface area contributed by atoms with Crippen LogP contribution in [0.2, 0.25) is 0 Å². The number of nitriles is 1. The van der Waals surface area contributed by atoms with E-state index in [0.29, 0.717) is 19.4 Å². The number of primary sulfonamides is 1. The van der Waals surface area contributed by atoms with Crippen molar-refractivity contribution in [2.75, 3.05) is 23.7 Å². The van der Waals surface area contributed by atoms with Gasteiger partial charge in [0.2, 0.25) is 10.0 Å². The Morgan fingerprint density at radius 1 is 1.38 bits per heavy atom. The molecule has 1 saturated heterocycles. The quantitative estimate of drug-likeness (QED) is 0.912. The zero-order chi connectivity index (χ0) is 15.6. The third kappa shape index (κ3) is 3.89. The van der Waals surface area contributed by atoms with Gasteiger partial charge >= 0.3 is 0 Å². The van der Waals surface area contributed by atoms with Gasteiger partial charge in [-0.05, 0) is 30.9 Å². The van der Waals surface area contributed by atoms with Gasteiger partial charge in [-0.3, -0.25) is 0 Å². The van der Waals surface area contributed by atoms with Crippen LogP contribution in [-0.2, 0) is 10.0 Å². The maximum Gasteiger partial charge on any atom is 0.209 e. The molecule has 0 spiro atoms. The van der Waals surface area contributed by atoms with E-state index in [1.165, 1.54) is 4.90 Å². The molecule has 1 unspecified atom stereocenters.